The normalized spacial score (nSPS) is 10.4. The Morgan fingerprint density at radius 3 is 2.81 bits per heavy atom. The Labute approximate surface area is 154 Å². The lowest BCUT2D eigenvalue weighted by molar-refractivity contribution is -0.385. The van der Waals surface area contributed by atoms with Gasteiger partial charge in [0.05, 0.1) is 16.6 Å². The van der Waals surface area contributed by atoms with Gasteiger partial charge in [0.25, 0.3) is 11.5 Å². The van der Waals surface area contributed by atoms with Gasteiger partial charge in [-0.1, -0.05) is 11.6 Å². The highest BCUT2D eigenvalue weighted by molar-refractivity contribution is 6.30. The highest BCUT2D eigenvalue weighted by atomic mass is 35.5. The van der Waals surface area contributed by atoms with Crippen molar-refractivity contribution in [3.63, 3.8) is 0 Å². The Bertz CT molecular complexity index is 866. The number of halogens is 1. The number of hydrogen-bond donors (Lipinski definition) is 1. The van der Waals surface area contributed by atoms with Crippen LogP contribution in [0.3, 0.4) is 0 Å². The van der Waals surface area contributed by atoms with Gasteiger partial charge in [0, 0.05) is 37.0 Å². The van der Waals surface area contributed by atoms with E-state index < -0.39 is 10.8 Å². The molecule has 26 heavy (non-hydrogen) atoms. The lowest BCUT2D eigenvalue weighted by atomic mass is 10.1. The van der Waals surface area contributed by atoms with E-state index in [0.29, 0.717) is 24.5 Å². The smallest absolute Gasteiger partial charge is 0.311 e. The van der Waals surface area contributed by atoms with E-state index in [-0.39, 0.29) is 29.2 Å². The number of benzene rings is 1. The van der Waals surface area contributed by atoms with E-state index in [4.69, 9.17) is 16.3 Å². The minimum absolute atomic E-state index is 0.120. The van der Waals surface area contributed by atoms with Crippen molar-refractivity contribution < 1.29 is 14.5 Å². The molecule has 0 fully saturated rings. The number of nitrogens with zero attached hydrogens (tertiary/aromatic N) is 2. The van der Waals surface area contributed by atoms with Crippen LogP contribution in [0.25, 0.3) is 0 Å². The second-order valence-corrected chi connectivity index (χ2v) is 5.80. The third-order valence-corrected chi connectivity index (χ3v) is 3.75. The topological polar surface area (TPSA) is 103 Å². The second kappa shape index (κ2) is 9.00. The Morgan fingerprint density at radius 1 is 1.35 bits per heavy atom. The average molecular weight is 380 g/mol. The first-order chi connectivity index (χ1) is 12.4. The fourth-order valence-electron chi connectivity index (χ4n) is 2.31. The zero-order valence-electron chi connectivity index (χ0n) is 14.1. The minimum atomic E-state index is -0.590. The number of carbonyl (C=O) groups is 1. The molecule has 1 N–H and O–H groups in total. The van der Waals surface area contributed by atoms with Crippen molar-refractivity contribution in [2.24, 2.45) is 0 Å². The number of hydrogen-bond acceptors (Lipinski definition) is 5. The van der Waals surface area contributed by atoms with Gasteiger partial charge < -0.3 is 14.6 Å². The maximum Gasteiger partial charge on any atom is 0.311 e. The summed E-state index contributed by atoms with van der Waals surface area (Å²) in [5.41, 5.74) is -0.270. The Kier molecular flexibility index (Phi) is 6.74. The van der Waals surface area contributed by atoms with Gasteiger partial charge in [0.2, 0.25) is 0 Å². The number of nitro groups is 1. The van der Waals surface area contributed by atoms with E-state index in [1.807, 2.05) is 0 Å². The molecule has 9 heteroatoms. The van der Waals surface area contributed by atoms with Gasteiger partial charge in [-0.25, -0.2) is 0 Å². The molecule has 8 nitrogen and oxygen atoms in total. The van der Waals surface area contributed by atoms with Crippen LogP contribution in [-0.2, 0) is 6.54 Å². The van der Waals surface area contributed by atoms with Crippen molar-refractivity contribution in [3.8, 4) is 5.75 Å². The maximum absolute atomic E-state index is 12.2. The second-order valence-electron chi connectivity index (χ2n) is 5.36. The number of nitro benzene ring substituents is 1. The summed E-state index contributed by atoms with van der Waals surface area (Å²) in [7, 11) is 0. The Hall–Kier alpha value is -2.87. The summed E-state index contributed by atoms with van der Waals surface area (Å²) in [5.74, 6) is -0.316. The van der Waals surface area contributed by atoms with E-state index in [2.05, 4.69) is 5.32 Å². The molecule has 1 amide bonds. The molecule has 2 rings (SSSR count). The lowest BCUT2D eigenvalue weighted by Crippen LogP contribution is -2.27. The van der Waals surface area contributed by atoms with Crippen molar-refractivity contribution in [1.82, 2.24) is 9.88 Å². The van der Waals surface area contributed by atoms with E-state index in [1.54, 1.807) is 6.92 Å². The summed E-state index contributed by atoms with van der Waals surface area (Å²) < 4.78 is 6.64. The largest absolute Gasteiger partial charge is 0.487 e. The molecule has 1 aromatic carbocycles. The van der Waals surface area contributed by atoms with Crippen LogP contribution in [0.15, 0.2) is 41.3 Å². The Morgan fingerprint density at radius 2 is 2.12 bits per heavy atom. The van der Waals surface area contributed by atoms with E-state index >= 15 is 0 Å². The molecule has 0 unspecified atom stereocenters. The van der Waals surface area contributed by atoms with Crippen LogP contribution in [-0.4, -0.2) is 28.5 Å². The van der Waals surface area contributed by atoms with Crippen molar-refractivity contribution in [1.29, 1.82) is 0 Å². The summed E-state index contributed by atoms with van der Waals surface area (Å²) in [6, 6.07) is 6.94. The monoisotopic (exact) mass is 379 g/mol. The summed E-state index contributed by atoms with van der Waals surface area (Å²) in [6.45, 7) is 2.70. The van der Waals surface area contributed by atoms with Crippen LogP contribution in [0.5, 0.6) is 5.75 Å². The molecule has 0 aliphatic heterocycles. The number of amides is 1. The number of ether oxygens (including phenoxy) is 1. The van der Waals surface area contributed by atoms with Gasteiger partial charge in [-0.3, -0.25) is 19.7 Å². The molecular weight excluding hydrogens is 362 g/mol. The lowest BCUT2D eigenvalue weighted by Gasteiger charge is -2.09. The summed E-state index contributed by atoms with van der Waals surface area (Å²) >= 11 is 5.84. The molecule has 1 aromatic heterocycles. The first kappa shape index (κ1) is 19.5. The number of nitrogens with one attached hydrogen (secondary N) is 1. The number of aryl methyl sites for hydroxylation is 1. The van der Waals surface area contributed by atoms with Gasteiger partial charge in [-0.2, -0.15) is 0 Å². The van der Waals surface area contributed by atoms with E-state index in [1.165, 1.54) is 41.1 Å². The predicted molar refractivity (Wildman–Crippen MR) is 96.9 cm³/mol. The third-order valence-electron chi connectivity index (χ3n) is 3.53. The van der Waals surface area contributed by atoms with Gasteiger partial charge in [0.1, 0.15) is 0 Å². The average Bonchev–Trinajstić information content (AvgIpc) is 2.61. The number of aromatic nitrogens is 1. The highest BCUT2D eigenvalue weighted by Gasteiger charge is 2.18. The van der Waals surface area contributed by atoms with Gasteiger partial charge >= 0.3 is 5.69 Å². The molecule has 0 aliphatic rings. The van der Waals surface area contributed by atoms with Crippen LogP contribution in [0.4, 0.5) is 5.69 Å². The highest BCUT2D eigenvalue weighted by Crippen LogP contribution is 2.27. The number of carbonyl (C=O) groups excluding carboxylic acids is 1. The van der Waals surface area contributed by atoms with Crippen LogP contribution >= 0.6 is 11.6 Å². The quantitative estimate of drug-likeness (QED) is 0.431. The van der Waals surface area contributed by atoms with E-state index in [0.717, 1.165) is 0 Å². The molecular formula is C17H18ClN3O5. The molecule has 0 saturated carbocycles. The molecule has 0 saturated heterocycles. The molecule has 2 aromatic rings. The molecule has 0 spiro atoms. The van der Waals surface area contributed by atoms with Crippen molar-refractivity contribution in [2.45, 2.75) is 19.9 Å². The molecule has 138 valence electrons. The zero-order valence-corrected chi connectivity index (χ0v) is 14.9. The van der Waals surface area contributed by atoms with Crippen molar-refractivity contribution >= 4 is 23.2 Å². The summed E-state index contributed by atoms with van der Waals surface area (Å²) in [4.78, 5) is 34.3. The van der Waals surface area contributed by atoms with Crippen molar-refractivity contribution in [3.05, 3.63) is 67.6 Å². The Balaban J connectivity index is 1.95. The maximum atomic E-state index is 12.2. The predicted octanol–water partition coefficient (Wildman–Crippen LogP) is 2.63. The number of rotatable bonds is 8. The van der Waals surface area contributed by atoms with Gasteiger partial charge in [-0.05, 0) is 31.5 Å². The van der Waals surface area contributed by atoms with Crippen LogP contribution in [0, 0.1) is 10.1 Å². The molecule has 0 radical (unpaired) electrons. The van der Waals surface area contributed by atoms with Gasteiger partial charge in [-0.15, -0.1) is 0 Å². The SMILES string of the molecule is CCOc1ccc(C(=O)NCCCn2cc(Cl)ccc2=O)cc1[N+](=O)[O-]. The zero-order chi connectivity index (χ0) is 19.1. The molecule has 0 bridgehead atoms. The van der Waals surface area contributed by atoms with Crippen LogP contribution in [0.2, 0.25) is 5.02 Å². The minimum Gasteiger partial charge on any atom is -0.487 e. The van der Waals surface area contributed by atoms with E-state index in [9.17, 15) is 19.7 Å². The molecule has 1 heterocycles. The van der Waals surface area contributed by atoms with Crippen LogP contribution in [0.1, 0.15) is 23.7 Å². The summed E-state index contributed by atoms with van der Waals surface area (Å²) in [5, 5.41) is 14.2. The third kappa shape index (κ3) is 5.06. The van der Waals surface area contributed by atoms with Crippen molar-refractivity contribution in [2.75, 3.05) is 13.2 Å². The fraction of sp³-hybridized carbons (Fsp3) is 0.294. The first-order valence-corrected chi connectivity index (χ1v) is 8.35. The fourth-order valence-corrected chi connectivity index (χ4v) is 2.49. The van der Waals surface area contributed by atoms with Crippen LogP contribution < -0.4 is 15.6 Å². The molecule has 0 aliphatic carbocycles. The number of pyridine rings is 1. The van der Waals surface area contributed by atoms with Gasteiger partial charge in [0.15, 0.2) is 5.75 Å². The standard InChI is InChI=1S/C17H18ClN3O5/c1-2-26-15-6-4-12(10-14(15)21(24)25)17(23)19-8-3-9-20-11-13(18)5-7-16(20)22/h4-7,10-11H,2-3,8-9H2,1H3,(H,19,23). The summed E-state index contributed by atoms with van der Waals surface area (Å²) in [6.07, 6.45) is 2.03. The molecule has 0 atom stereocenters. The first-order valence-electron chi connectivity index (χ1n) is 7.97.